The van der Waals surface area contributed by atoms with Crippen LogP contribution in [0.4, 0.5) is 5.69 Å². The Morgan fingerprint density at radius 3 is 2.92 bits per heavy atom. The van der Waals surface area contributed by atoms with Gasteiger partial charge in [-0.1, -0.05) is 12.1 Å². The molecular weight excluding hydrogens is 390 g/mol. The van der Waals surface area contributed by atoms with Crippen LogP contribution in [0.5, 0.6) is 0 Å². The number of hydrogen-bond acceptors (Lipinski definition) is 5. The number of pyridine rings is 1. The van der Waals surface area contributed by atoms with Crippen molar-refractivity contribution in [2.45, 2.75) is 11.3 Å². The Labute approximate surface area is 151 Å². The number of hydrogen-bond donors (Lipinski definition) is 1. The number of nitrogens with zero attached hydrogens (tertiary/aromatic N) is 4. The molecule has 0 saturated carbocycles. The van der Waals surface area contributed by atoms with Crippen molar-refractivity contribution < 1.29 is 4.79 Å². The minimum atomic E-state index is -0.0658. The molecule has 0 radical (unpaired) electrons. The molecule has 8 heteroatoms. The maximum absolute atomic E-state index is 12.2. The minimum absolute atomic E-state index is 0.0658. The summed E-state index contributed by atoms with van der Waals surface area (Å²) in [5, 5.41) is 6.93. The van der Waals surface area contributed by atoms with Gasteiger partial charge in [0.25, 0.3) is 0 Å². The smallest absolute Gasteiger partial charge is 0.225 e. The highest BCUT2D eigenvalue weighted by Gasteiger charge is 2.10. The van der Waals surface area contributed by atoms with Crippen LogP contribution in [0, 0.1) is 0 Å². The second-order valence-electron chi connectivity index (χ2n) is 4.79. The molecule has 1 amide bonds. The van der Waals surface area contributed by atoms with E-state index in [0.717, 1.165) is 9.37 Å². The largest absolute Gasteiger partial charge is 0.323 e. The predicted octanol–water partition coefficient (Wildman–Crippen LogP) is 3.55. The number of rotatable bonds is 6. The van der Waals surface area contributed by atoms with Crippen LogP contribution in [0.15, 0.2) is 64.6 Å². The number of carbonyl (C=O) groups excluding carboxylic acids is 1. The highest BCUT2D eigenvalue weighted by molar-refractivity contribution is 9.10. The van der Waals surface area contributed by atoms with Gasteiger partial charge >= 0.3 is 0 Å². The van der Waals surface area contributed by atoms with Gasteiger partial charge in [-0.25, -0.2) is 14.6 Å². The number of amides is 1. The van der Waals surface area contributed by atoms with Crippen LogP contribution in [-0.4, -0.2) is 31.4 Å². The SMILES string of the molecule is O=C(CCSc1ccccc1Br)Nc1cccnc1-n1cncn1. The number of carbonyl (C=O) groups is 1. The zero-order chi connectivity index (χ0) is 16.8. The molecule has 6 nitrogen and oxygen atoms in total. The molecule has 24 heavy (non-hydrogen) atoms. The van der Waals surface area contributed by atoms with E-state index in [1.165, 1.54) is 11.0 Å². The van der Waals surface area contributed by atoms with E-state index in [0.29, 0.717) is 23.7 Å². The fourth-order valence-electron chi connectivity index (χ4n) is 2.02. The van der Waals surface area contributed by atoms with E-state index in [2.05, 4.69) is 36.3 Å². The maximum atomic E-state index is 12.2. The third-order valence-corrected chi connectivity index (χ3v) is 5.15. The Morgan fingerprint density at radius 2 is 2.12 bits per heavy atom. The fourth-order valence-corrected chi connectivity index (χ4v) is 3.54. The van der Waals surface area contributed by atoms with E-state index in [4.69, 9.17) is 0 Å². The van der Waals surface area contributed by atoms with Gasteiger partial charge in [0.15, 0.2) is 5.82 Å². The lowest BCUT2D eigenvalue weighted by atomic mass is 10.3. The highest BCUT2D eigenvalue weighted by atomic mass is 79.9. The summed E-state index contributed by atoms with van der Waals surface area (Å²) >= 11 is 5.14. The van der Waals surface area contributed by atoms with E-state index in [1.54, 1.807) is 36.4 Å². The molecule has 2 heterocycles. The number of halogens is 1. The molecule has 3 aromatic rings. The molecule has 1 aromatic carbocycles. The predicted molar refractivity (Wildman–Crippen MR) is 97.3 cm³/mol. The summed E-state index contributed by atoms with van der Waals surface area (Å²) in [7, 11) is 0. The molecule has 2 aromatic heterocycles. The van der Waals surface area contributed by atoms with Gasteiger partial charge < -0.3 is 5.32 Å². The van der Waals surface area contributed by atoms with Crippen molar-refractivity contribution in [2.75, 3.05) is 11.1 Å². The van der Waals surface area contributed by atoms with Gasteiger partial charge in [0.05, 0.1) is 5.69 Å². The molecule has 0 bridgehead atoms. The second kappa shape index (κ2) is 8.07. The quantitative estimate of drug-likeness (QED) is 0.637. The first-order chi connectivity index (χ1) is 11.7. The molecule has 0 fully saturated rings. The van der Waals surface area contributed by atoms with E-state index >= 15 is 0 Å². The van der Waals surface area contributed by atoms with Crippen molar-refractivity contribution >= 4 is 39.3 Å². The number of anilines is 1. The standard InChI is InChI=1S/C16H14BrN5OS/c17-12-4-1-2-6-14(12)24-9-7-15(23)21-13-5-3-8-19-16(13)22-11-18-10-20-22/h1-6,8,10-11H,7,9H2,(H,21,23). The molecule has 3 rings (SSSR count). The van der Waals surface area contributed by atoms with Crippen molar-refractivity contribution in [1.29, 1.82) is 0 Å². The van der Waals surface area contributed by atoms with E-state index in [9.17, 15) is 4.79 Å². The Morgan fingerprint density at radius 1 is 1.25 bits per heavy atom. The summed E-state index contributed by atoms with van der Waals surface area (Å²) in [6, 6.07) is 11.5. The van der Waals surface area contributed by atoms with E-state index in [-0.39, 0.29) is 5.91 Å². The Hall–Kier alpha value is -2.19. The summed E-state index contributed by atoms with van der Waals surface area (Å²) in [5.41, 5.74) is 0.610. The molecule has 0 spiro atoms. The summed E-state index contributed by atoms with van der Waals surface area (Å²) in [4.78, 5) is 21.5. The van der Waals surface area contributed by atoms with Crippen LogP contribution in [0.2, 0.25) is 0 Å². The first-order valence-electron chi connectivity index (χ1n) is 7.21. The highest BCUT2D eigenvalue weighted by Crippen LogP contribution is 2.27. The monoisotopic (exact) mass is 403 g/mol. The molecular formula is C16H14BrN5OS. The minimum Gasteiger partial charge on any atom is -0.323 e. The molecule has 0 aliphatic rings. The Bertz CT molecular complexity index is 825. The van der Waals surface area contributed by atoms with Crippen molar-refractivity contribution in [1.82, 2.24) is 19.7 Å². The van der Waals surface area contributed by atoms with Crippen LogP contribution in [-0.2, 0) is 4.79 Å². The third-order valence-electron chi connectivity index (χ3n) is 3.12. The van der Waals surface area contributed by atoms with Crippen LogP contribution >= 0.6 is 27.7 Å². The summed E-state index contributed by atoms with van der Waals surface area (Å²) < 4.78 is 2.56. The van der Waals surface area contributed by atoms with Crippen molar-refractivity contribution in [3.63, 3.8) is 0 Å². The average molecular weight is 404 g/mol. The van der Waals surface area contributed by atoms with Crippen LogP contribution in [0.1, 0.15) is 6.42 Å². The van der Waals surface area contributed by atoms with Gasteiger partial charge in [-0.05, 0) is 40.2 Å². The number of aromatic nitrogens is 4. The summed E-state index contributed by atoms with van der Waals surface area (Å²) in [5.74, 6) is 1.17. The zero-order valence-corrected chi connectivity index (χ0v) is 15.0. The molecule has 0 aliphatic heterocycles. The first kappa shape index (κ1) is 16.7. The normalized spacial score (nSPS) is 10.5. The average Bonchev–Trinajstić information content (AvgIpc) is 3.11. The van der Waals surface area contributed by atoms with Crippen LogP contribution in [0.3, 0.4) is 0 Å². The lowest BCUT2D eigenvalue weighted by molar-refractivity contribution is -0.115. The van der Waals surface area contributed by atoms with Gasteiger partial charge in [-0.3, -0.25) is 4.79 Å². The van der Waals surface area contributed by atoms with Gasteiger partial charge in [0.2, 0.25) is 5.91 Å². The zero-order valence-electron chi connectivity index (χ0n) is 12.6. The van der Waals surface area contributed by atoms with Gasteiger partial charge in [-0.15, -0.1) is 11.8 Å². The fraction of sp³-hybridized carbons (Fsp3) is 0.125. The molecule has 1 N–H and O–H groups in total. The number of benzene rings is 1. The van der Waals surface area contributed by atoms with Crippen LogP contribution < -0.4 is 5.32 Å². The van der Waals surface area contributed by atoms with Gasteiger partial charge in [-0.2, -0.15) is 5.10 Å². The van der Waals surface area contributed by atoms with E-state index in [1.807, 2.05) is 24.3 Å². The molecule has 0 aliphatic carbocycles. The van der Waals surface area contributed by atoms with Crippen molar-refractivity contribution in [2.24, 2.45) is 0 Å². The maximum Gasteiger partial charge on any atom is 0.225 e. The van der Waals surface area contributed by atoms with Crippen molar-refractivity contribution in [3.05, 3.63) is 59.7 Å². The van der Waals surface area contributed by atoms with E-state index < -0.39 is 0 Å². The van der Waals surface area contributed by atoms with Gasteiger partial charge in [0.1, 0.15) is 12.7 Å². The molecule has 0 atom stereocenters. The molecule has 0 saturated heterocycles. The Kier molecular flexibility index (Phi) is 5.60. The van der Waals surface area contributed by atoms with Crippen LogP contribution in [0.25, 0.3) is 5.82 Å². The lowest BCUT2D eigenvalue weighted by Gasteiger charge is -2.09. The lowest BCUT2D eigenvalue weighted by Crippen LogP contribution is -2.15. The number of nitrogens with one attached hydrogen (secondary N) is 1. The first-order valence-corrected chi connectivity index (χ1v) is 8.99. The Balaban J connectivity index is 1.59. The molecule has 122 valence electrons. The van der Waals surface area contributed by atoms with Crippen molar-refractivity contribution in [3.8, 4) is 5.82 Å². The topological polar surface area (TPSA) is 72.7 Å². The summed E-state index contributed by atoms with van der Waals surface area (Å²) in [6.07, 6.45) is 5.02. The third kappa shape index (κ3) is 4.21. The number of thioether (sulfide) groups is 1. The van der Waals surface area contributed by atoms with Gasteiger partial charge in [0, 0.05) is 27.7 Å². The summed E-state index contributed by atoms with van der Waals surface area (Å²) in [6.45, 7) is 0. The molecule has 0 unspecified atom stereocenters. The second-order valence-corrected chi connectivity index (χ2v) is 6.78.